The molecule has 6 heteroatoms. The van der Waals surface area contributed by atoms with Crippen molar-refractivity contribution in [2.75, 3.05) is 5.32 Å². The van der Waals surface area contributed by atoms with Crippen LogP contribution in [0.15, 0.2) is 34.8 Å². The Morgan fingerprint density at radius 3 is 2.35 bits per heavy atom. The number of aryl methyl sites for hydroxylation is 2. The number of benzene rings is 2. The Labute approximate surface area is 154 Å². The molecule has 0 aliphatic carbocycles. The van der Waals surface area contributed by atoms with E-state index in [0.29, 0.717) is 21.5 Å². The Morgan fingerprint density at radius 1 is 1.17 bits per heavy atom. The number of rotatable bonds is 4. The largest absolute Gasteiger partial charge is 0.480 e. The van der Waals surface area contributed by atoms with Crippen molar-refractivity contribution in [3.63, 3.8) is 0 Å². The molecule has 1 N–H and O–H groups in total. The first-order chi connectivity index (χ1) is 10.8. The second kappa shape index (κ2) is 7.56. The van der Waals surface area contributed by atoms with E-state index in [1.54, 1.807) is 25.1 Å². The Hall–Kier alpha value is -1.23. The van der Waals surface area contributed by atoms with E-state index in [0.717, 1.165) is 15.6 Å². The van der Waals surface area contributed by atoms with Gasteiger partial charge in [0.2, 0.25) is 0 Å². The summed E-state index contributed by atoms with van der Waals surface area (Å²) in [5.74, 6) is 0.425. The first kappa shape index (κ1) is 18.1. The monoisotopic (exact) mass is 415 g/mol. The van der Waals surface area contributed by atoms with Gasteiger partial charge in [-0.1, -0.05) is 39.1 Å². The fourth-order valence-corrected chi connectivity index (χ4v) is 3.28. The molecule has 23 heavy (non-hydrogen) atoms. The Balaban J connectivity index is 2.11. The van der Waals surface area contributed by atoms with Crippen LogP contribution in [0.2, 0.25) is 10.0 Å². The predicted octanol–water partition coefficient (Wildman–Crippen LogP) is 5.78. The Bertz CT molecular complexity index is 726. The highest BCUT2D eigenvalue weighted by atomic mass is 79.9. The van der Waals surface area contributed by atoms with Crippen molar-refractivity contribution < 1.29 is 9.53 Å². The molecule has 1 unspecified atom stereocenters. The van der Waals surface area contributed by atoms with E-state index in [2.05, 4.69) is 21.2 Å². The summed E-state index contributed by atoms with van der Waals surface area (Å²) < 4.78 is 6.80. The Morgan fingerprint density at radius 2 is 1.78 bits per heavy atom. The number of ether oxygens (including phenoxy) is 1. The molecule has 3 nitrogen and oxygen atoms in total. The smallest absolute Gasteiger partial charge is 0.265 e. The summed E-state index contributed by atoms with van der Waals surface area (Å²) in [4.78, 5) is 12.3. The van der Waals surface area contributed by atoms with E-state index in [4.69, 9.17) is 27.9 Å². The number of hydrogen-bond donors (Lipinski definition) is 1. The highest BCUT2D eigenvalue weighted by Gasteiger charge is 2.18. The molecular formula is C17H16BrCl2NO2. The third-order valence-electron chi connectivity index (χ3n) is 3.28. The number of carbonyl (C=O) groups excluding carboxylic acids is 1. The van der Waals surface area contributed by atoms with Crippen molar-refractivity contribution in [1.82, 2.24) is 0 Å². The topological polar surface area (TPSA) is 38.3 Å². The molecule has 0 bridgehead atoms. The molecule has 1 atom stereocenters. The summed E-state index contributed by atoms with van der Waals surface area (Å²) in [5.41, 5.74) is 2.42. The lowest BCUT2D eigenvalue weighted by atomic mass is 10.1. The third-order valence-corrected chi connectivity index (χ3v) is 4.28. The summed E-state index contributed by atoms with van der Waals surface area (Å²) >= 11 is 15.3. The summed E-state index contributed by atoms with van der Waals surface area (Å²) in [6, 6.07) is 8.79. The van der Waals surface area contributed by atoms with Crippen LogP contribution in [0.4, 0.5) is 5.69 Å². The number of amides is 1. The number of hydrogen-bond acceptors (Lipinski definition) is 2. The second-order valence-corrected chi connectivity index (χ2v) is 7.00. The summed E-state index contributed by atoms with van der Waals surface area (Å²) in [7, 11) is 0. The standard InChI is InChI=1S/C17H16BrCl2NO2/c1-9-6-12(18)7-10(2)16(9)23-11(3)17(22)21-15-5-4-13(19)8-14(15)20/h4-8,11H,1-3H3,(H,21,22). The molecule has 2 aromatic rings. The molecular weight excluding hydrogens is 401 g/mol. The number of carbonyl (C=O) groups is 1. The maximum atomic E-state index is 12.3. The lowest BCUT2D eigenvalue weighted by Crippen LogP contribution is -2.30. The average Bonchev–Trinajstić information content (AvgIpc) is 2.45. The molecule has 0 spiro atoms. The zero-order valence-electron chi connectivity index (χ0n) is 12.9. The molecule has 1 amide bonds. The first-order valence-corrected chi connectivity index (χ1v) is 8.52. The maximum absolute atomic E-state index is 12.3. The molecule has 0 aliphatic rings. The maximum Gasteiger partial charge on any atom is 0.265 e. The van der Waals surface area contributed by atoms with Crippen LogP contribution in [0.3, 0.4) is 0 Å². The van der Waals surface area contributed by atoms with E-state index < -0.39 is 6.10 Å². The van der Waals surface area contributed by atoms with Crippen LogP contribution >= 0.6 is 39.1 Å². The van der Waals surface area contributed by atoms with Gasteiger partial charge in [-0.25, -0.2) is 0 Å². The SMILES string of the molecule is Cc1cc(Br)cc(C)c1OC(C)C(=O)Nc1ccc(Cl)cc1Cl. The molecule has 0 saturated carbocycles. The van der Waals surface area contributed by atoms with Crippen LogP contribution in [-0.2, 0) is 4.79 Å². The molecule has 0 fully saturated rings. The third kappa shape index (κ3) is 4.63. The highest BCUT2D eigenvalue weighted by Crippen LogP contribution is 2.29. The van der Waals surface area contributed by atoms with Gasteiger partial charge in [-0.3, -0.25) is 4.79 Å². The van der Waals surface area contributed by atoms with Gasteiger partial charge in [0.1, 0.15) is 5.75 Å². The summed E-state index contributed by atoms with van der Waals surface area (Å²) in [6.07, 6.45) is -0.666. The summed E-state index contributed by atoms with van der Waals surface area (Å²) in [5, 5.41) is 3.64. The Kier molecular flexibility index (Phi) is 5.95. The van der Waals surface area contributed by atoms with Crippen LogP contribution in [-0.4, -0.2) is 12.0 Å². The van der Waals surface area contributed by atoms with Crippen molar-refractivity contribution in [2.24, 2.45) is 0 Å². The van der Waals surface area contributed by atoms with Gasteiger partial charge in [-0.05, 0) is 62.2 Å². The fourth-order valence-electron chi connectivity index (χ4n) is 2.14. The van der Waals surface area contributed by atoms with E-state index in [1.165, 1.54) is 0 Å². The first-order valence-electron chi connectivity index (χ1n) is 6.97. The minimum absolute atomic E-state index is 0.282. The normalized spacial score (nSPS) is 11.9. The van der Waals surface area contributed by atoms with Crippen molar-refractivity contribution in [3.8, 4) is 5.75 Å². The van der Waals surface area contributed by atoms with E-state index in [9.17, 15) is 4.79 Å². The van der Waals surface area contributed by atoms with E-state index >= 15 is 0 Å². The number of nitrogens with one attached hydrogen (secondary N) is 1. The minimum Gasteiger partial charge on any atom is -0.480 e. The van der Waals surface area contributed by atoms with Crippen LogP contribution < -0.4 is 10.1 Å². The molecule has 0 radical (unpaired) electrons. The van der Waals surface area contributed by atoms with Gasteiger partial charge in [0, 0.05) is 9.50 Å². The molecule has 122 valence electrons. The lowest BCUT2D eigenvalue weighted by molar-refractivity contribution is -0.122. The average molecular weight is 417 g/mol. The van der Waals surface area contributed by atoms with Gasteiger partial charge in [0.15, 0.2) is 6.10 Å². The highest BCUT2D eigenvalue weighted by molar-refractivity contribution is 9.10. The molecule has 2 aromatic carbocycles. The molecule has 0 heterocycles. The number of halogens is 3. The van der Waals surface area contributed by atoms with Crippen LogP contribution in [0.25, 0.3) is 0 Å². The second-order valence-electron chi connectivity index (χ2n) is 5.24. The predicted molar refractivity (Wildman–Crippen MR) is 98.8 cm³/mol. The van der Waals surface area contributed by atoms with Crippen molar-refractivity contribution in [1.29, 1.82) is 0 Å². The van der Waals surface area contributed by atoms with Crippen LogP contribution in [0.5, 0.6) is 5.75 Å². The molecule has 0 saturated heterocycles. The van der Waals surface area contributed by atoms with Gasteiger partial charge >= 0.3 is 0 Å². The zero-order valence-corrected chi connectivity index (χ0v) is 16.0. The van der Waals surface area contributed by atoms with Crippen molar-refractivity contribution >= 4 is 50.7 Å². The fraction of sp³-hybridized carbons (Fsp3) is 0.235. The van der Waals surface area contributed by atoms with E-state index in [1.807, 2.05) is 26.0 Å². The lowest BCUT2D eigenvalue weighted by Gasteiger charge is -2.18. The molecule has 2 rings (SSSR count). The zero-order chi connectivity index (χ0) is 17.1. The summed E-state index contributed by atoms with van der Waals surface area (Å²) in [6.45, 7) is 5.57. The van der Waals surface area contributed by atoms with Crippen molar-refractivity contribution in [2.45, 2.75) is 26.9 Å². The number of anilines is 1. The van der Waals surface area contributed by atoms with Crippen LogP contribution in [0.1, 0.15) is 18.1 Å². The minimum atomic E-state index is -0.666. The molecule has 0 aromatic heterocycles. The van der Waals surface area contributed by atoms with Crippen LogP contribution in [0, 0.1) is 13.8 Å². The molecule has 0 aliphatic heterocycles. The van der Waals surface area contributed by atoms with Gasteiger partial charge in [0.05, 0.1) is 10.7 Å². The van der Waals surface area contributed by atoms with Gasteiger partial charge < -0.3 is 10.1 Å². The van der Waals surface area contributed by atoms with Crippen molar-refractivity contribution in [3.05, 3.63) is 56.0 Å². The van der Waals surface area contributed by atoms with Gasteiger partial charge in [-0.2, -0.15) is 0 Å². The van der Waals surface area contributed by atoms with E-state index in [-0.39, 0.29) is 5.91 Å². The quantitative estimate of drug-likeness (QED) is 0.685. The van der Waals surface area contributed by atoms with Gasteiger partial charge in [-0.15, -0.1) is 0 Å². The van der Waals surface area contributed by atoms with Gasteiger partial charge in [0.25, 0.3) is 5.91 Å².